The molecular formula is C31H33FN4O3. The van der Waals surface area contributed by atoms with Gasteiger partial charge in [-0.1, -0.05) is 30.3 Å². The first-order valence-electron chi connectivity index (χ1n) is 13.9. The minimum absolute atomic E-state index is 0.133. The number of ketones is 1. The van der Waals surface area contributed by atoms with Gasteiger partial charge in [-0.3, -0.25) is 19.4 Å². The van der Waals surface area contributed by atoms with Crippen molar-refractivity contribution in [3.8, 4) is 0 Å². The Morgan fingerprint density at radius 2 is 1.56 bits per heavy atom. The fraction of sp³-hybridized carbons (Fsp3) is 0.419. The number of piperazine rings is 1. The quantitative estimate of drug-likeness (QED) is 0.497. The number of carbonyl (C=O) groups is 3. The van der Waals surface area contributed by atoms with Crippen LogP contribution in [0.2, 0.25) is 0 Å². The summed E-state index contributed by atoms with van der Waals surface area (Å²) >= 11 is 0. The van der Waals surface area contributed by atoms with Crippen LogP contribution >= 0.6 is 0 Å². The fourth-order valence-corrected chi connectivity index (χ4v) is 6.25. The molecule has 39 heavy (non-hydrogen) atoms. The van der Waals surface area contributed by atoms with Gasteiger partial charge in [0.25, 0.3) is 5.91 Å². The van der Waals surface area contributed by atoms with Gasteiger partial charge in [-0.2, -0.15) is 0 Å². The van der Waals surface area contributed by atoms with E-state index in [2.05, 4.69) is 9.88 Å². The summed E-state index contributed by atoms with van der Waals surface area (Å²) < 4.78 is 14.5. The number of fused-ring (bicyclic) bond motifs is 1. The average molecular weight is 529 g/mol. The van der Waals surface area contributed by atoms with Crippen LogP contribution in [0.5, 0.6) is 0 Å². The number of nitrogens with zero attached hydrogens (tertiary/aromatic N) is 4. The van der Waals surface area contributed by atoms with Gasteiger partial charge in [-0.05, 0) is 56.4 Å². The van der Waals surface area contributed by atoms with E-state index < -0.39 is 5.41 Å². The first kappa shape index (κ1) is 25.5. The predicted molar refractivity (Wildman–Crippen MR) is 147 cm³/mol. The molecule has 2 amide bonds. The van der Waals surface area contributed by atoms with E-state index in [1.165, 1.54) is 12.1 Å². The van der Waals surface area contributed by atoms with Gasteiger partial charge in [0.15, 0.2) is 0 Å². The summed E-state index contributed by atoms with van der Waals surface area (Å²) in [6.07, 6.45) is 4.73. The number of aromatic nitrogens is 1. The van der Waals surface area contributed by atoms with Gasteiger partial charge in [0.1, 0.15) is 11.6 Å². The summed E-state index contributed by atoms with van der Waals surface area (Å²) in [7, 11) is 0. The van der Waals surface area contributed by atoms with E-state index in [1.807, 2.05) is 35.2 Å². The highest BCUT2D eigenvalue weighted by atomic mass is 19.1. The van der Waals surface area contributed by atoms with E-state index in [4.69, 9.17) is 0 Å². The lowest BCUT2D eigenvalue weighted by atomic mass is 9.70. The molecule has 3 heterocycles. The van der Waals surface area contributed by atoms with Gasteiger partial charge in [0.2, 0.25) is 5.91 Å². The summed E-state index contributed by atoms with van der Waals surface area (Å²) in [6.45, 7) is 4.71. The number of carbonyl (C=O) groups excluding carboxylic acids is 3. The minimum atomic E-state index is -0.583. The molecule has 3 aliphatic rings. The lowest BCUT2D eigenvalue weighted by Crippen LogP contribution is -2.51. The highest BCUT2D eigenvalue weighted by molar-refractivity contribution is 6.07. The van der Waals surface area contributed by atoms with Crippen LogP contribution in [0.1, 0.15) is 48.5 Å². The first-order valence-corrected chi connectivity index (χ1v) is 13.9. The van der Waals surface area contributed by atoms with E-state index >= 15 is 0 Å². The van der Waals surface area contributed by atoms with E-state index in [-0.39, 0.29) is 29.3 Å². The second-order valence-electron chi connectivity index (χ2n) is 11.1. The molecule has 2 aromatic carbocycles. The molecule has 3 aromatic rings. The predicted octanol–water partition coefficient (Wildman–Crippen LogP) is 4.20. The van der Waals surface area contributed by atoms with Crippen LogP contribution in [0.25, 0.3) is 10.9 Å². The van der Waals surface area contributed by atoms with E-state index in [9.17, 15) is 18.8 Å². The number of hydrogen-bond acceptors (Lipinski definition) is 5. The van der Waals surface area contributed by atoms with E-state index in [1.54, 1.807) is 24.1 Å². The normalized spacial score (nSPS) is 19.3. The topological polar surface area (TPSA) is 73.8 Å². The number of piperidine rings is 1. The maximum atomic E-state index is 14.5. The molecule has 0 unspecified atom stereocenters. The number of rotatable bonds is 5. The molecule has 0 bridgehead atoms. The number of amides is 2. The molecule has 1 saturated carbocycles. The average Bonchev–Trinajstić information content (AvgIpc) is 3.82. The summed E-state index contributed by atoms with van der Waals surface area (Å²) in [5.74, 6) is -0.0499. The van der Waals surface area contributed by atoms with Crippen molar-refractivity contribution < 1.29 is 18.8 Å². The number of pyridine rings is 1. The molecule has 2 aliphatic heterocycles. The SMILES string of the molecule is CC(=O)C1(c2ccccc2)CCN(c2c(C(=O)N3CCN(C(=O)C4CC4)CC3)cnc3ccc(F)cc23)CC1. The third-order valence-electron chi connectivity index (χ3n) is 8.77. The number of halogens is 1. The zero-order chi connectivity index (χ0) is 27.1. The third kappa shape index (κ3) is 4.66. The Bertz CT molecular complexity index is 1420. The van der Waals surface area contributed by atoms with Crippen molar-refractivity contribution in [1.82, 2.24) is 14.8 Å². The van der Waals surface area contributed by atoms with Gasteiger partial charge in [-0.15, -0.1) is 0 Å². The minimum Gasteiger partial charge on any atom is -0.370 e. The van der Waals surface area contributed by atoms with Crippen LogP contribution in [0.3, 0.4) is 0 Å². The second kappa shape index (κ2) is 10.1. The monoisotopic (exact) mass is 528 g/mol. The van der Waals surface area contributed by atoms with Crippen molar-refractivity contribution >= 4 is 34.2 Å². The standard InChI is InChI=1S/C31H33FN4O3/c1-21(37)31(23-5-3-2-4-6-23)11-13-34(14-12-31)28-25-19-24(32)9-10-27(25)33-20-26(28)30(39)36-17-15-35(16-18-36)29(38)22-7-8-22/h2-6,9-10,19-20,22H,7-8,11-18H2,1H3. The largest absolute Gasteiger partial charge is 0.370 e. The molecule has 0 N–H and O–H groups in total. The Balaban J connectivity index is 1.30. The van der Waals surface area contributed by atoms with Crippen molar-refractivity contribution in [3.05, 3.63) is 71.7 Å². The van der Waals surface area contributed by atoms with Gasteiger partial charge < -0.3 is 14.7 Å². The zero-order valence-electron chi connectivity index (χ0n) is 22.2. The second-order valence-corrected chi connectivity index (χ2v) is 11.1. The van der Waals surface area contributed by atoms with Crippen molar-refractivity contribution in [3.63, 3.8) is 0 Å². The van der Waals surface area contributed by atoms with Gasteiger partial charge in [-0.25, -0.2) is 4.39 Å². The Morgan fingerprint density at radius 1 is 0.897 bits per heavy atom. The van der Waals surface area contributed by atoms with E-state index in [0.29, 0.717) is 74.3 Å². The molecule has 7 nitrogen and oxygen atoms in total. The molecule has 1 aliphatic carbocycles. The molecule has 8 heteroatoms. The van der Waals surface area contributed by atoms with Crippen molar-refractivity contribution in [2.24, 2.45) is 5.92 Å². The molecule has 0 spiro atoms. The summed E-state index contributed by atoms with van der Waals surface area (Å²) in [4.78, 5) is 49.6. The molecule has 202 valence electrons. The lowest BCUT2D eigenvalue weighted by Gasteiger charge is -2.42. The number of benzene rings is 2. The molecule has 0 radical (unpaired) electrons. The van der Waals surface area contributed by atoms with Crippen LogP contribution < -0.4 is 4.90 Å². The van der Waals surface area contributed by atoms with Gasteiger partial charge in [0.05, 0.1) is 22.2 Å². The number of hydrogen-bond donors (Lipinski definition) is 0. The van der Waals surface area contributed by atoms with Gasteiger partial charge in [0, 0.05) is 56.8 Å². The van der Waals surface area contributed by atoms with Crippen molar-refractivity contribution in [1.29, 1.82) is 0 Å². The maximum absolute atomic E-state index is 14.5. The fourth-order valence-electron chi connectivity index (χ4n) is 6.25. The molecule has 0 atom stereocenters. The Morgan fingerprint density at radius 3 is 2.21 bits per heavy atom. The molecule has 6 rings (SSSR count). The van der Waals surface area contributed by atoms with E-state index in [0.717, 1.165) is 18.4 Å². The third-order valence-corrected chi connectivity index (χ3v) is 8.77. The van der Waals surface area contributed by atoms with Crippen molar-refractivity contribution in [2.75, 3.05) is 44.2 Å². The number of Topliss-reactive ketones (excluding diaryl/α,β-unsaturated/α-hetero) is 1. The van der Waals surface area contributed by atoms with Crippen LogP contribution in [-0.2, 0) is 15.0 Å². The summed E-state index contributed by atoms with van der Waals surface area (Å²) in [5, 5.41) is 0.596. The van der Waals surface area contributed by atoms with Crippen molar-refractivity contribution in [2.45, 2.75) is 38.0 Å². The number of anilines is 1. The van der Waals surface area contributed by atoms with Gasteiger partial charge >= 0.3 is 0 Å². The zero-order valence-corrected chi connectivity index (χ0v) is 22.2. The van der Waals surface area contributed by atoms with Crippen LogP contribution in [0, 0.1) is 11.7 Å². The highest BCUT2D eigenvalue weighted by Gasteiger charge is 2.41. The molecule has 2 saturated heterocycles. The Hall–Kier alpha value is -3.81. The van der Waals surface area contributed by atoms with Crippen LogP contribution in [0.4, 0.5) is 10.1 Å². The van der Waals surface area contributed by atoms with Crippen LogP contribution in [0.15, 0.2) is 54.7 Å². The molecular weight excluding hydrogens is 495 g/mol. The Labute approximate surface area is 227 Å². The smallest absolute Gasteiger partial charge is 0.257 e. The first-order chi connectivity index (χ1) is 18.9. The highest BCUT2D eigenvalue weighted by Crippen LogP contribution is 2.40. The lowest BCUT2D eigenvalue weighted by molar-refractivity contribution is -0.134. The maximum Gasteiger partial charge on any atom is 0.257 e. The molecule has 1 aromatic heterocycles. The summed E-state index contributed by atoms with van der Waals surface area (Å²) in [5.41, 5.74) is 2.16. The summed E-state index contributed by atoms with van der Waals surface area (Å²) in [6, 6.07) is 14.4. The van der Waals surface area contributed by atoms with Crippen LogP contribution in [-0.4, -0.2) is 71.6 Å². The Kier molecular flexibility index (Phi) is 6.57. The molecule has 3 fully saturated rings.